The molecule has 72 valence electrons. The number of aromatic nitrogens is 2. The van der Waals surface area contributed by atoms with Gasteiger partial charge in [-0.15, -0.1) is 0 Å². The van der Waals surface area contributed by atoms with E-state index >= 15 is 0 Å². The number of hydrogen-bond donors (Lipinski definition) is 1. The van der Waals surface area contributed by atoms with E-state index in [0.29, 0.717) is 17.6 Å². The predicted molar refractivity (Wildman–Crippen MR) is 56.0 cm³/mol. The summed E-state index contributed by atoms with van der Waals surface area (Å²) in [6.07, 6.45) is 2.27. The van der Waals surface area contributed by atoms with Crippen molar-refractivity contribution in [2.24, 2.45) is 5.73 Å². The molecule has 0 saturated carbocycles. The van der Waals surface area contributed by atoms with Crippen molar-refractivity contribution in [1.82, 2.24) is 9.55 Å². The van der Waals surface area contributed by atoms with Gasteiger partial charge in [0.05, 0.1) is 5.69 Å². The first kappa shape index (κ1) is 9.49. The summed E-state index contributed by atoms with van der Waals surface area (Å²) < 4.78 is 2.94. The third-order valence-electron chi connectivity index (χ3n) is 2.52. The molecule has 1 aliphatic heterocycles. The molecule has 0 saturated heterocycles. The quantitative estimate of drug-likeness (QED) is 0.844. The van der Waals surface area contributed by atoms with E-state index in [1.54, 1.807) is 0 Å². The molecule has 0 aliphatic carbocycles. The van der Waals surface area contributed by atoms with Gasteiger partial charge in [-0.2, -0.15) is 0 Å². The summed E-state index contributed by atoms with van der Waals surface area (Å²) in [4.78, 5) is 4.18. The van der Waals surface area contributed by atoms with Gasteiger partial charge in [0, 0.05) is 19.0 Å². The molecule has 5 heteroatoms. The molecule has 2 N–H and O–H groups in total. The van der Waals surface area contributed by atoms with Crippen LogP contribution in [0.1, 0.15) is 24.5 Å². The van der Waals surface area contributed by atoms with E-state index in [2.05, 4.69) is 25.5 Å². The Bertz CT molecular complexity index is 323. The Morgan fingerprint density at radius 1 is 1.69 bits per heavy atom. The first-order chi connectivity index (χ1) is 6.24. The summed E-state index contributed by atoms with van der Waals surface area (Å²) in [7, 11) is 0. The van der Waals surface area contributed by atoms with Crippen LogP contribution in [0.5, 0.6) is 0 Å². The fourth-order valence-corrected chi connectivity index (χ4v) is 2.86. The average molecular weight is 265 g/mol. The third kappa shape index (κ3) is 1.51. The van der Waals surface area contributed by atoms with Gasteiger partial charge in [0.25, 0.3) is 0 Å². The molecule has 0 fully saturated rings. The Labute approximate surface area is 90.4 Å². The average Bonchev–Trinajstić information content (AvgIpc) is 2.43. The minimum absolute atomic E-state index is 0.375. The van der Waals surface area contributed by atoms with Gasteiger partial charge in [-0.3, -0.25) is 0 Å². The standard InChI is InChI=1S/C8H11BrClN3/c9-8-12-7(10)6-5(4-11)2-1-3-13(6)8/h5H,1-4,11H2. The van der Waals surface area contributed by atoms with Crippen LogP contribution in [0.15, 0.2) is 4.73 Å². The highest BCUT2D eigenvalue weighted by molar-refractivity contribution is 9.10. The highest BCUT2D eigenvalue weighted by Crippen LogP contribution is 2.34. The van der Waals surface area contributed by atoms with Crippen molar-refractivity contribution in [2.45, 2.75) is 25.3 Å². The summed E-state index contributed by atoms with van der Waals surface area (Å²) in [5.41, 5.74) is 6.78. The monoisotopic (exact) mass is 263 g/mol. The van der Waals surface area contributed by atoms with E-state index in [1.807, 2.05) is 0 Å². The Morgan fingerprint density at radius 3 is 3.15 bits per heavy atom. The van der Waals surface area contributed by atoms with Crippen molar-refractivity contribution >= 4 is 27.5 Å². The van der Waals surface area contributed by atoms with E-state index in [-0.39, 0.29) is 0 Å². The van der Waals surface area contributed by atoms with Crippen LogP contribution in [0, 0.1) is 0 Å². The Morgan fingerprint density at radius 2 is 2.46 bits per heavy atom. The highest BCUT2D eigenvalue weighted by Gasteiger charge is 2.25. The molecule has 0 amide bonds. The maximum Gasteiger partial charge on any atom is 0.178 e. The first-order valence-electron chi connectivity index (χ1n) is 4.35. The second kappa shape index (κ2) is 3.59. The molecule has 1 aromatic rings. The minimum atomic E-state index is 0.375. The Hall–Kier alpha value is -0.0600. The topological polar surface area (TPSA) is 43.8 Å². The maximum absolute atomic E-state index is 6.02. The van der Waals surface area contributed by atoms with Crippen molar-refractivity contribution in [3.8, 4) is 0 Å². The van der Waals surface area contributed by atoms with Crippen LogP contribution in [-0.4, -0.2) is 16.1 Å². The van der Waals surface area contributed by atoms with Gasteiger partial charge < -0.3 is 10.3 Å². The minimum Gasteiger partial charge on any atom is -0.330 e. The molecular weight excluding hydrogens is 253 g/mol. The van der Waals surface area contributed by atoms with Gasteiger partial charge in [0.2, 0.25) is 0 Å². The largest absolute Gasteiger partial charge is 0.330 e. The Kier molecular flexibility index (Phi) is 2.62. The van der Waals surface area contributed by atoms with E-state index in [1.165, 1.54) is 0 Å². The molecule has 1 aromatic heterocycles. The molecule has 0 bridgehead atoms. The van der Waals surface area contributed by atoms with E-state index in [4.69, 9.17) is 17.3 Å². The van der Waals surface area contributed by atoms with Crippen molar-refractivity contribution in [3.05, 3.63) is 15.6 Å². The van der Waals surface area contributed by atoms with Gasteiger partial charge in [-0.1, -0.05) is 11.6 Å². The van der Waals surface area contributed by atoms with Gasteiger partial charge in [0.1, 0.15) is 0 Å². The number of nitrogens with two attached hydrogens (primary N) is 1. The molecule has 1 aliphatic rings. The normalized spacial score (nSPS) is 21.6. The SMILES string of the molecule is NCC1CCCn2c(Br)nc(Cl)c21. The second-order valence-corrected chi connectivity index (χ2v) is 4.35. The van der Waals surface area contributed by atoms with Crippen LogP contribution in [0.25, 0.3) is 0 Å². The van der Waals surface area contributed by atoms with Crippen LogP contribution in [0.3, 0.4) is 0 Å². The maximum atomic E-state index is 6.02. The van der Waals surface area contributed by atoms with E-state index < -0.39 is 0 Å². The number of nitrogens with zero attached hydrogens (tertiary/aromatic N) is 2. The number of rotatable bonds is 1. The molecule has 3 nitrogen and oxygen atoms in total. The zero-order valence-corrected chi connectivity index (χ0v) is 9.48. The number of hydrogen-bond acceptors (Lipinski definition) is 2. The predicted octanol–water partition coefficient (Wildman–Crippen LogP) is 2.14. The van der Waals surface area contributed by atoms with Crippen LogP contribution < -0.4 is 5.73 Å². The fourth-order valence-electron chi connectivity index (χ4n) is 1.87. The molecule has 2 rings (SSSR count). The van der Waals surface area contributed by atoms with Crippen molar-refractivity contribution in [3.63, 3.8) is 0 Å². The summed E-state index contributed by atoms with van der Waals surface area (Å²) in [6.45, 7) is 1.64. The van der Waals surface area contributed by atoms with Crippen LogP contribution in [-0.2, 0) is 6.54 Å². The van der Waals surface area contributed by atoms with Crippen molar-refractivity contribution in [1.29, 1.82) is 0 Å². The number of imidazole rings is 1. The van der Waals surface area contributed by atoms with Crippen LogP contribution in [0.4, 0.5) is 0 Å². The zero-order chi connectivity index (χ0) is 9.42. The molecule has 1 atom stereocenters. The summed E-state index contributed by atoms with van der Waals surface area (Å²) in [5.74, 6) is 0.375. The van der Waals surface area contributed by atoms with Crippen molar-refractivity contribution < 1.29 is 0 Å². The van der Waals surface area contributed by atoms with Crippen LogP contribution in [0.2, 0.25) is 5.15 Å². The summed E-state index contributed by atoms with van der Waals surface area (Å²) in [6, 6.07) is 0. The van der Waals surface area contributed by atoms with Gasteiger partial charge in [-0.05, 0) is 28.8 Å². The lowest BCUT2D eigenvalue weighted by atomic mass is 9.97. The van der Waals surface area contributed by atoms with Gasteiger partial charge in [-0.25, -0.2) is 4.98 Å². The van der Waals surface area contributed by atoms with Gasteiger partial charge >= 0.3 is 0 Å². The molecular formula is C8H11BrClN3. The van der Waals surface area contributed by atoms with Crippen LogP contribution >= 0.6 is 27.5 Å². The van der Waals surface area contributed by atoms with Gasteiger partial charge in [0.15, 0.2) is 9.89 Å². The highest BCUT2D eigenvalue weighted by atomic mass is 79.9. The zero-order valence-electron chi connectivity index (χ0n) is 7.13. The lowest BCUT2D eigenvalue weighted by molar-refractivity contribution is 0.454. The molecule has 13 heavy (non-hydrogen) atoms. The third-order valence-corrected chi connectivity index (χ3v) is 3.40. The smallest absolute Gasteiger partial charge is 0.178 e. The lowest BCUT2D eigenvalue weighted by Gasteiger charge is -2.23. The molecule has 0 radical (unpaired) electrons. The van der Waals surface area contributed by atoms with E-state index in [0.717, 1.165) is 29.8 Å². The molecule has 1 unspecified atom stereocenters. The molecule has 0 spiro atoms. The number of halogens is 2. The molecule has 2 heterocycles. The molecule has 0 aromatic carbocycles. The Balaban J connectivity index is 2.48. The lowest BCUT2D eigenvalue weighted by Crippen LogP contribution is -2.21. The number of fused-ring (bicyclic) bond motifs is 1. The summed E-state index contributed by atoms with van der Waals surface area (Å²) >= 11 is 9.41. The summed E-state index contributed by atoms with van der Waals surface area (Å²) in [5, 5.41) is 0.599. The fraction of sp³-hybridized carbons (Fsp3) is 0.625. The van der Waals surface area contributed by atoms with Crippen molar-refractivity contribution in [2.75, 3.05) is 6.54 Å². The first-order valence-corrected chi connectivity index (χ1v) is 5.52. The van der Waals surface area contributed by atoms with E-state index in [9.17, 15) is 0 Å². The second-order valence-electron chi connectivity index (χ2n) is 3.28.